The van der Waals surface area contributed by atoms with Gasteiger partial charge in [0.15, 0.2) is 5.52 Å². The highest BCUT2D eigenvalue weighted by Crippen LogP contribution is 2.28. The van der Waals surface area contributed by atoms with Gasteiger partial charge in [0.05, 0.1) is 23.6 Å². The maximum atomic E-state index is 13.0. The lowest BCUT2D eigenvalue weighted by atomic mass is 10.2. The fourth-order valence-electron chi connectivity index (χ4n) is 3.00. The number of fused-ring (bicyclic) bond motifs is 1. The summed E-state index contributed by atoms with van der Waals surface area (Å²) in [6.07, 6.45) is 0. The SMILES string of the molecule is Cc1nn(Cc2ccc(Cl)cc2Cl)c(C)c1NS(=O)(=O)c1cccc2nonc12. The molecule has 8 nitrogen and oxygen atoms in total. The molecule has 0 aliphatic carbocycles. The molecule has 0 aliphatic rings. The van der Waals surface area contributed by atoms with Crippen LogP contribution in [0.2, 0.25) is 10.0 Å². The Bertz CT molecular complexity index is 1330. The summed E-state index contributed by atoms with van der Waals surface area (Å²) in [7, 11) is -3.94. The second-order valence-electron chi connectivity index (χ2n) is 6.43. The summed E-state index contributed by atoms with van der Waals surface area (Å²) in [5.41, 5.74) is 2.90. The number of aryl methyl sites for hydroxylation is 1. The normalized spacial score (nSPS) is 11.9. The summed E-state index contributed by atoms with van der Waals surface area (Å²) in [6, 6.07) is 9.84. The molecule has 0 saturated heterocycles. The van der Waals surface area contributed by atoms with Gasteiger partial charge in [-0.25, -0.2) is 13.0 Å². The van der Waals surface area contributed by atoms with Gasteiger partial charge in [-0.15, -0.1) is 0 Å². The molecule has 29 heavy (non-hydrogen) atoms. The van der Waals surface area contributed by atoms with E-state index in [0.29, 0.717) is 39.2 Å². The average molecular weight is 452 g/mol. The highest BCUT2D eigenvalue weighted by atomic mass is 35.5. The van der Waals surface area contributed by atoms with E-state index in [-0.39, 0.29) is 10.4 Å². The lowest BCUT2D eigenvalue weighted by Gasteiger charge is -2.10. The standard InChI is InChI=1S/C18H15Cl2N5O3S/c1-10-17(11(2)25(21-10)9-12-6-7-13(19)8-14(12)20)24-29(26,27)16-5-3-4-15-18(16)23-28-22-15/h3-8,24H,9H2,1-2H3. The van der Waals surface area contributed by atoms with Crippen molar-refractivity contribution in [1.82, 2.24) is 20.1 Å². The molecule has 0 unspecified atom stereocenters. The minimum Gasteiger partial charge on any atom is -0.276 e. The van der Waals surface area contributed by atoms with E-state index in [2.05, 4.69) is 24.8 Å². The van der Waals surface area contributed by atoms with Gasteiger partial charge in [0, 0.05) is 10.0 Å². The van der Waals surface area contributed by atoms with Gasteiger partial charge in [-0.3, -0.25) is 9.40 Å². The summed E-state index contributed by atoms with van der Waals surface area (Å²) < 4.78 is 34.9. The van der Waals surface area contributed by atoms with Crippen LogP contribution in [0.25, 0.3) is 11.0 Å². The molecule has 150 valence electrons. The minimum atomic E-state index is -3.94. The number of halogens is 2. The molecule has 1 N–H and O–H groups in total. The van der Waals surface area contributed by atoms with Crippen LogP contribution < -0.4 is 4.72 Å². The highest BCUT2D eigenvalue weighted by Gasteiger charge is 2.24. The molecule has 0 amide bonds. The third kappa shape index (κ3) is 3.68. The number of nitrogens with one attached hydrogen (secondary N) is 1. The number of benzene rings is 2. The van der Waals surface area contributed by atoms with E-state index in [0.717, 1.165) is 5.56 Å². The molecular weight excluding hydrogens is 437 g/mol. The molecular formula is C18H15Cl2N5O3S. The lowest BCUT2D eigenvalue weighted by Crippen LogP contribution is -2.15. The third-order valence-electron chi connectivity index (χ3n) is 4.49. The Morgan fingerprint density at radius 3 is 2.69 bits per heavy atom. The Labute approximate surface area is 176 Å². The molecule has 2 aromatic heterocycles. The molecule has 0 fully saturated rings. The second kappa shape index (κ2) is 7.33. The van der Waals surface area contributed by atoms with Crippen LogP contribution in [-0.4, -0.2) is 28.5 Å². The van der Waals surface area contributed by atoms with E-state index >= 15 is 0 Å². The van der Waals surface area contributed by atoms with Crippen LogP contribution in [0.5, 0.6) is 0 Å². The first-order valence-corrected chi connectivity index (χ1v) is 10.7. The monoisotopic (exact) mass is 451 g/mol. The van der Waals surface area contributed by atoms with E-state index < -0.39 is 10.0 Å². The smallest absolute Gasteiger partial charge is 0.264 e. The predicted octanol–water partition coefficient (Wildman–Crippen LogP) is 4.19. The largest absolute Gasteiger partial charge is 0.276 e. The van der Waals surface area contributed by atoms with Crippen LogP contribution >= 0.6 is 23.2 Å². The second-order valence-corrected chi connectivity index (χ2v) is 8.93. The van der Waals surface area contributed by atoms with Crippen LogP contribution in [0.1, 0.15) is 17.0 Å². The molecule has 0 saturated carbocycles. The number of aromatic nitrogens is 4. The molecule has 0 bridgehead atoms. The number of rotatable bonds is 5. The first-order valence-electron chi connectivity index (χ1n) is 8.48. The number of hydrogen-bond donors (Lipinski definition) is 1. The van der Waals surface area contributed by atoms with E-state index in [1.807, 2.05) is 6.07 Å². The number of hydrogen-bond acceptors (Lipinski definition) is 6. The van der Waals surface area contributed by atoms with Gasteiger partial charge in [0.1, 0.15) is 10.4 Å². The Morgan fingerprint density at radius 1 is 1.14 bits per heavy atom. The van der Waals surface area contributed by atoms with Gasteiger partial charge in [-0.05, 0) is 54.0 Å². The van der Waals surface area contributed by atoms with E-state index in [4.69, 9.17) is 23.2 Å². The molecule has 0 atom stereocenters. The molecule has 11 heteroatoms. The van der Waals surface area contributed by atoms with Gasteiger partial charge in [-0.1, -0.05) is 35.3 Å². The summed E-state index contributed by atoms with van der Waals surface area (Å²) >= 11 is 12.2. The van der Waals surface area contributed by atoms with Crippen LogP contribution in [-0.2, 0) is 16.6 Å². The minimum absolute atomic E-state index is 0.0245. The van der Waals surface area contributed by atoms with Crippen molar-refractivity contribution in [3.8, 4) is 0 Å². The maximum Gasteiger partial charge on any atom is 0.264 e. The zero-order valence-electron chi connectivity index (χ0n) is 15.3. The molecule has 4 rings (SSSR count). The zero-order valence-corrected chi connectivity index (χ0v) is 17.7. The molecule has 2 heterocycles. The van der Waals surface area contributed by atoms with Crippen molar-refractivity contribution in [1.29, 1.82) is 0 Å². The Kier molecular flexibility index (Phi) is 4.97. The molecule has 4 aromatic rings. The molecule has 2 aromatic carbocycles. The first kappa shape index (κ1) is 19.7. The maximum absolute atomic E-state index is 13.0. The molecule has 0 radical (unpaired) electrons. The quantitative estimate of drug-likeness (QED) is 0.487. The average Bonchev–Trinajstić information content (AvgIpc) is 3.24. The van der Waals surface area contributed by atoms with E-state index in [1.54, 1.807) is 42.8 Å². The van der Waals surface area contributed by atoms with Gasteiger partial charge < -0.3 is 0 Å². The fraction of sp³-hybridized carbons (Fsp3) is 0.167. The first-order chi connectivity index (χ1) is 13.8. The predicted molar refractivity (Wildman–Crippen MR) is 110 cm³/mol. The van der Waals surface area contributed by atoms with E-state index in [1.165, 1.54) is 6.07 Å². The van der Waals surface area contributed by atoms with Gasteiger partial charge >= 0.3 is 0 Å². The van der Waals surface area contributed by atoms with Crippen LogP contribution in [0.3, 0.4) is 0 Å². The summed E-state index contributed by atoms with van der Waals surface area (Å²) in [4.78, 5) is -0.0245. The van der Waals surface area contributed by atoms with Crippen molar-refractivity contribution in [3.05, 3.63) is 63.4 Å². The topological polar surface area (TPSA) is 103 Å². The number of nitrogens with zero attached hydrogens (tertiary/aromatic N) is 4. The zero-order chi connectivity index (χ0) is 20.8. The van der Waals surface area contributed by atoms with Gasteiger partial charge in [-0.2, -0.15) is 5.10 Å². The number of anilines is 1. The van der Waals surface area contributed by atoms with Crippen molar-refractivity contribution in [2.45, 2.75) is 25.3 Å². The Hall–Kier alpha value is -2.62. The molecule has 0 spiro atoms. The van der Waals surface area contributed by atoms with Gasteiger partial charge in [0.25, 0.3) is 10.0 Å². The van der Waals surface area contributed by atoms with Crippen molar-refractivity contribution >= 4 is 49.9 Å². The van der Waals surface area contributed by atoms with Crippen LogP contribution in [0.15, 0.2) is 45.9 Å². The molecule has 0 aliphatic heterocycles. The summed E-state index contributed by atoms with van der Waals surface area (Å²) in [6.45, 7) is 3.87. The van der Waals surface area contributed by atoms with E-state index in [9.17, 15) is 8.42 Å². The van der Waals surface area contributed by atoms with Crippen molar-refractivity contribution in [2.75, 3.05) is 4.72 Å². The summed E-state index contributed by atoms with van der Waals surface area (Å²) in [5.74, 6) is 0. The summed E-state index contributed by atoms with van der Waals surface area (Å²) in [5, 5.41) is 12.9. The van der Waals surface area contributed by atoms with Crippen molar-refractivity contribution in [2.24, 2.45) is 0 Å². The fourth-order valence-corrected chi connectivity index (χ4v) is 4.79. The van der Waals surface area contributed by atoms with Crippen molar-refractivity contribution < 1.29 is 13.0 Å². The van der Waals surface area contributed by atoms with Crippen molar-refractivity contribution in [3.63, 3.8) is 0 Å². The van der Waals surface area contributed by atoms with Crippen LogP contribution in [0.4, 0.5) is 5.69 Å². The van der Waals surface area contributed by atoms with Crippen LogP contribution in [0, 0.1) is 13.8 Å². The Morgan fingerprint density at radius 2 is 1.93 bits per heavy atom. The van der Waals surface area contributed by atoms with Gasteiger partial charge in [0.2, 0.25) is 0 Å². The lowest BCUT2D eigenvalue weighted by molar-refractivity contribution is 0.315. The Balaban J connectivity index is 1.68. The third-order valence-corrected chi connectivity index (χ3v) is 6.46. The highest BCUT2D eigenvalue weighted by molar-refractivity contribution is 7.93. The number of sulfonamides is 1.